The molecule has 0 aliphatic rings. The van der Waals surface area contributed by atoms with Crippen LogP contribution in [0, 0.1) is 0 Å². The molecule has 0 aliphatic heterocycles. The maximum absolute atomic E-state index is 5.33. The van der Waals surface area contributed by atoms with Gasteiger partial charge in [0.15, 0.2) is 9.76 Å². The van der Waals surface area contributed by atoms with Crippen molar-refractivity contribution in [1.82, 2.24) is 0 Å². The normalized spacial score (nSPS) is 13.2. The van der Waals surface area contributed by atoms with Gasteiger partial charge in [-0.25, -0.2) is 0 Å². The third-order valence-electron chi connectivity index (χ3n) is 1.03. The maximum Gasteiger partial charge on any atom is 0.166 e. The Morgan fingerprint density at radius 2 is 2.00 bits per heavy atom. The van der Waals surface area contributed by atoms with E-state index < -0.39 is 15.5 Å². The van der Waals surface area contributed by atoms with Crippen molar-refractivity contribution in [2.24, 2.45) is 17.2 Å². The van der Waals surface area contributed by atoms with Crippen LogP contribution in [0.4, 0.5) is 0 Å². The topological polar surface area (TPSA) is 87.3 Å². The molecule has 0 saturated heterocycles. The third-order valence-corrected chi connectivity index (χ3v) is 2.68. The van der Waals surface area contributed by atoms with Gasteiger partial charge in [-0.2, -0.15) is 0 Å². The summed E-state index contributed by atoms with van der Waals surface area (Å²) < 4.78 is 5.26. The minimum absolute atomic E-state index is 0.579. The summed E-state index contributed by atoms with van der Waals surface area (Å²) in [5.41, 5.74) is 16.0. The summed E-state index contributed by atoms with van der Waals surface area (Å²) in [5.74, 6) is -1.01. The molecule has 0 aliphatic carbocycles. The molecule has 0 fully saturated rings. The Labute approximate surface area is 64.0 Å². The van der Waals surface area contributed by atoms with E-state index in [0.717, 1.165) is 13.0 Å². The highest BCUT2D eigenvalue weighted by molar-refractivity contribution is 6.27. The van der Waals surface area contributed by atoms with Crippen molar-refractivity contribution in [3.63, 3.8) is 0 Å². The second-order valence-corrected chi connectivity index (χ2v) is 3.79. The molecule has 0 atom stereocenters. The van der Waals surface area contributed by atoms with Crippen LogP contribution in [0.25, 0.3) is 0 Å². The fourth-order valence-electron chi connectivity index (χ4n) is 0.495. The van der Waals surface area contributed by atoms with Gasteiger partial charge in [0.1, 0.15) is 5.79 Å². The molecule has 0 unspecified atom stereocenters. The van der Waals surface area contributed by atoms with E-state index in [2.05, 4.69) is 6.92 Å². The minimum Gasteiger partial charge on any atom is -0.424 e. The molecule has 62 valence electrons. The first-order valence-electron chi connectivity index (χ1n) is 3.50. The second kappa shape index (κ2) is 4.81. The van der Waals surface area contributed by atoms with Gasteiger partial charge in [-0.1, -0.05) is 6.92 Å². The molecule has 5 heteroatoms. The summed E-state index contributed by atoms with van der Waals surface area (Å²) >= 11 is 0. The average molecular weight is 163 g/mol. The van der Waals surface area contributed by atoms with Crippen LogP contribution >= 0.6 is 0 Å². The van der Waals surface area contributed by atoms with E-state index in [-0.39, 0.29) is 0 Å². The molecular formula is C5H17N3OSi. The highest BCUT2D eigenvalue weighted by atomic mass is 28.2. The lowest BCUT2D eigenvalue weighted by molar-refractivity contribution is 0.326. The SMILES string of the molecule is CCCO[SiH2]CC(N)(N)N. The van der Waals surface area contributed by atoms with E-state index in [1.54, 1.807) is 0 Å². The Kier molecular flexibility index (Phi) is 4.84. The molecule has 0 aromatic carbocycles. The molecule has 0 rings (SSSR count). The predicted octanol–water partition coefficient (Wildman–Crippen LogP) is -1.55. The van der Waals surface area contributed by atoms with Gasteiger partial charge in [0, 0.05) is 12.7 Å². The summed E-state index contributed by atoms with van der Waals surface area (Å²) in [6, 6.07) is 0.632. The van der Waals surface area contributed by atoms with Crippen LogP contribution in [0.2, 0.25) is 6.04 Å². The zero-order valence-electron chi connectivity index (χ0n) is 6.47. The van der Waals surface area contributed by atoms with Crippen LogP contribution < -0.4 is 17.2 Å². The second-order valence-electron chi connectivity index (χ2n) is 2.47. The zero-order valence-corrected chi connectivity index (χ0v) is 7.88. The largest absolute Gasteiger partial charge is 0.424 e. The van der Waals surface area contributed by atoms with E-state index >= 15 is 0 Å². The van der Waals surface area contributed by atoms with Gasteiger partial charge in [-0.15, -0.1) is 0 Å². The average Bonchev–Trinajstić information content (AvgIpc) is 1.78. The molecule has 0 aromatic rings. The number of hydrogen-bond donors (Lipinski definition) is 3. The minimum atomic E-state index is -1.01. The Bertz CT molecular complexity index is 83.5. The lowest BCUT2D eigenvalue weighted by Gasteiger charge is -2.17. The molecular weight excluding hydrogens is 146 g/mol. The van der Waals surface area contributed by atoms with Crippen molar-refractivity contribution in [1.29, 1.82) is 0 Å². The Balaban J connectivity index is 3.04. The van der Waals surface area contributed by atoms with Crippen LogP contribution in [0.1, 0.15) is 13.3 Å². The van der Waals surface area contributed by atoms with E-state index in [0.29, 0.717) is 6.04 Å². The fourth-order valence-corrected chi connectivity index (χ4v) is 1.49. The number of nitrogens with two attached hydrogens (primary N) is 3. The lowest BCUT2D eigenvalue weighted by atomic mass is 10.5. The van der Waals surface area contributed by atoms with Crippen LogP contribution in [0.3, 0.4) is 0 Å². The van der Waals surface area contributed by atoms with Crippen molar-refractivity contribution in [3.8, 4) is 0 Å². The van der Waals surface area contributed by atoms with Gasteiger partial charge < -0.3 is 21.6 Å². The van der Waals surface area contributed by atoms with Gasteiger partial charge in [0.05, 0.1) is 0 Å². The van der Waals surface area contributed by atoms with Gasteiger partial charge in [-0.05, 0) is 6.42 Å². The molecule has 4 nitrogen and oxygen atoms in total. The predicted molar refractivity (Wildman–Crippen MR) is 44.9 cm³/mol. The Morgan fingerprint density at radius 3 is 2.40 bits per heavy atom. The van der Waals surface area contributed by atoms with Crippen LogP contribution in [0.15, 0.2) is 0 Å². The molecule has 0 saturated carbocycles. The fraction of sp³-hybridized carbons (Fsp3) is 1.00. The first-order chi connectivity index (χ1) is 4.56. The van der Waals surface area contributed by atoms with Gasteiger partial charge >= 0.3 is 0 Å². The highest BCUT2D eigenvalue weighted by Gasteiger charge is 2.10. The molecule has 0 bridgehead atoms. The summed E-state index contributed by atoms with van der Waals surface area (Å²) in [7, 11) is -0.579. The zero-order chi connectivity index (χ0) is 8.04. The summed E-state index contributed by atoms with van der Waals surface area (Å²) in [5, 5.41) is 0. The lowest BCUT2D eigenvalue weighted by Crippen LogP contribution is -2.58. The van der Waals surface area contributed by atoms with E-state index in [1.165, 1.54) is 0 Å². The smallest absolute Gasteiger partial charge is 0.166 e. The maximum atomic E-state index is 5.33. The van der Waals surface area contributed by atoms with Gasteiger partial charge in [0.2, 0.25) is 0 Å². The molecule has 6 N–H and O–H groups in total. The Hall–Kier alpha value is 0.0569. The van der Waals surface area contributed by atoms with Crippen molar-refractivity contribution in [3.05, 3.63) is 0 Å². The summed E-state index contributed by atoms with van der Waals surface area (Å²) in [6.45, 7) is 2.87. The molecule has 10 heavy (non-hydrogen) atoms. The number of rotatable bonds is 5. The quantitative estimate of drug-likeness (QED) is 0.260. The van der Waals surface area contributed by atoms with E-state index in [9.17, 15) is 0 Å². The van der Waals surface area contributed by atoms with Crippen molar-refractivity contribution >= 4 is 9.76 Å². The standard InChI is InChI=1S/C5H17N3OSi/c1-2-3-9-10-4-5(6,7)8/h2-4,6-8,10H2,1H3. The third kappa shape index (κ3) is 8.06. The van der Waals surface area contributed by atoms with Crippen LogP contribution in [-0.4, -0.2) is 22.2 Å². The van der Waals surface area contributed by atoms with Crippen molar-refractivity contribution in [2.75, 3.05) is 6.61 Å². The van der Waals surface area contributed by atoms with E-state index in [4.69, 9.17) is 21.6 Å². The molecule has 0 radical (unpaired) electrons. The van der Waals surface area contributed by atoms with Crippen molar-refractivity contribution in [2.45, 2.75) is 25.2 Å². The molecule has 0 aromatic heterocycles. The van der Waals surface area contributed by atoms with E-state index in [1.807, 2.05) is 0 Å². The number of hydrogen-bond acceptors (Lipinski definition) is 4. The molecule has 0 spiro atoms. The summed E-state index contributed by atoms with van der Waals surface area (Å²) in [6.07, 6.45) is 1.04. The first kappa shape index (κ1) is 10.1. The Morgan fingerprint density at radius 1 is 1.40 bits per heavy atom. The van der Waals surface area contributed by atoms with Gasteiger partial charge in [0.25, 0.3) is 0 Å². The first-order valence-corrected chi connectivity index (χ1v) is 5.08. The monoisotopic (exact) mass is 163 g/mol. The molecule has 0 amide bonds. The van der Waals surface area contributed by atoms with Gasteiger partial charge in [-0.3, -0.25) is 0 Å². The highest BCUT2D eigenvalue weighted by Crippen LogP contribution is 1.89. The van der Waals surface area contributed by atoms with Crippen LogP contribution in [0.5, 0.6) is 0 Å². The molecule has 0 heterocycles. The van der Waals surface area contributed by atoms with Crippen LogP contribution in [-0.2, 0) is 4.43 Å². The van der Waals surface area contributed by atoms with Crippen molar-refractivity contribution < 1.29 is 4.43 Å². The summed E-state index contributed by atoms with van der Waals surface area (Å²) in [4.78, 5) is 0.